The zero-order valence-corrected chi connectivity index (χ0v) is 15.2. The van der Waals surface area contributed by atoms with E-state index in [1.54, 1.807) is 21.3 Å². The van der Waals surface area contributed by atoms with E-state index < -0.39 is 0 Å². The smallest absolute Gasteiger partial charge is 0.203 e. The van der Waals surface area contributed by atoms with Gasteiger partial charge in [0.1, 0.15) is 5.82 Å². The zero-order valence-electron chi connectivity index (χ0n) is 15.2. The first-order valence-electron chi connectivity index (χ1n) is 8.49. The summed E-state index contributed by atoms with van der Waals surface area (Å²) in [6.45, 7) is 3.11. The Bertz CT molecular complexity index is 845. The minimum Gasteiger partial charge on any atom is -0.493 e. The number of methoxy groups -OCH3 is 3. The lowest BCUT2D eigenvalue weighted by atomic mass is 10.1. The summed E-state index contributed by atoms with van der Waals surface area (Å²) in [4.78, 5) is 4.85. The second kappa shape index (κ2) is 7.47. The van der Waals surface area contributed by atoms with Crippen molar-refractivity contribution < 1.29 is 14.2 Å². The predicted molar refractivity (Wildman–Crippen MR) is 99.7 cm³/mol. The molecular formula is C20H24N2O3. The second-order valence-corrected chi connectivity index (χ2v) is 5.84. The zero-order chi connectivity index (χ0) is 17.8. The van der Waals surface area contributed by atoms with Crippen LogP contribution in [0, 0.1) is 0 Å². The molecule has 0 unspecified atom stereocenters. The molecule has 0 saturated heterocycles. The number of aryl methyl sites for hydroxylation is 1. The van der Waals surface area contributed by atoms with E-state index >= 15 is 0 Å². The van der Waals surface area contributed by atoms with Gasteiger partial charge in [-0.25, -0.2) is 4.98 Å². The predicted octanol–water partition coefficient (Wildman–Crippen LogP) is 4.53. The molecule has 0 aliphatic rings. The quantitative estimate of drug-likeness (QED) is 0.634. The third kappa shape index (κ3) is 3.14. The van der Waals surface area contributed by atoms with E-state index in [0.29, 0.717) is 17.2 Å². The molecule has 5 nitrogen and oxygen atoms in total. The van der Waals surface area contributed by atoms with E-state index in [-0.39, 0.29) is 0 Å². The van der Waals surface area contributed by atoms with Crippen molar-refractivity contribution in [2.75, 3.05) is 21.3 Å². The lowest BCUT2D eigenvalue weighted by Crippen LogP contribution is -2.02. The number of benzene rings is 2. The number of unbranched alkanes of at least 4 members (excludes halogenated alkanes) is 1. The second-order valence-electron chi connectivity index (χ2n) is 5.84. The van der Waals surface area contributed by atoms with E-state index in [9.17, 15) is 0 Å². The summed E-state index contributed by atoms with van der Waals surface area (Å²) < 4.78 is 18.7. The molecule has 0 aliphatic heterocycles. The molecule has 2 aromatic carbocycles. The van der Waals surface area contributed by atoms with E-state index in [2.05, 4.69) is 17.6 Å². The summed E-state index contributed by atoms with van der Waals surface area (Å²) in [6.07, 6.45) is 2.22. The number of rotatable bonds is 7. The van der Waals surface area contributed by atoms with Gasteiger partial charge in [0.05, 0.1) is 32.4 Å². The van der Waals surface area contributed by atoms with E-state index in [1.807, 2.05) is 30.3 Å². The number of nitrogens with zero attached hydrogens (tertiary/aromatic N) is 2. The molecule has 0 bridgehead atoms. The number of aromatic nitrogens is 2. The molecule has 0 spiro atoms. The summed E-state index contributed by atoms with van der Waals surface area (Å²) in [7, 11) is 4.86. The number of hydrogen-bond acceptors (Lipinski definition) is 4. The standard InChI is InChI=1S/C20H24N2O3/c1-5-6-11-22-16-10-8-7-9-15(16)21-20(22)14-12-17(23-2)19(25-4)18(13-14)24-3/h7-10,12-13H,5-6,11H2,1-4H3. The SMILES string of the molecule is CCCCn1c(-c2cc(OC)c(OC)c(OC)c2)nc2ccccc21. The molecule has 1 heterocycles. The lowest BCUT2D eigenvalue weighted by Gasteiger charge is -2.15. The van der Waals surface area contributed by atoms with Crippen molar-refractivity contribution in [2.45, 2.75) is 26.3 Å². The van der Waals surface area contributed by atoms with Crippen molar-refractivity contribution >= 4 is 11.0 Å². The van der Waals surface area contributed by atoms with Crippen LogP contribution in [-0.2, 0) is 6.54 Å². The van der Waals surface area contributed by atoms with Crippen molar-refractivity contribution in [3.8, 4) is 28.6 Å². The Labute approximate surface area is 148 Å². The van der Waals surface area contributed by atoms with Crippen LogP contribution in [0.3, 0.4) is 0 Å². The first-order chi connectivity index (χ1) is 12.2. The highest BCUT2D eigenvalue weighted by atomic mass is 16.5. The summed E-state index contributed by atoms with van der Waals surface area (Å²) in [5.41, 5.74) is 3.07. The lowest BCUT2D eigenvalue weighted by molar-refractivity contribution is 0.324. The van der Waals surface area contributed by atoms with Gasteiger partial charge in [-0.3, -0.25) is 0 Å². The molecule has 0 fully saturated rings. The van der Waals surface area contributed by atoms with Gasteiger partial charge < -0.3 is 18.8 Å². The molecule has 3 rings (SSSR count). The third-order valence-electron chi connectivity index (χ3n) is 4.31. The van der Waals surface area contributed by atoms with Crippen molar-refractivity contribution in [1.29, 1.82) is 0 Å². The highest BCUT2D eigenvalue weighted by Crippen LogP contribution is 2.41. The molecular weight excluding hydrogens is 316 g/mol. The Morgan fingerprint density at radius 2 is 1.64 bits per heavy atom. The van der Waals surface area contributed by atoms with E-state index in [0.717, 1.165) is 41.8 Å². The summed E-state index contributed by atoms with van der Waals surface area (Å²) in [6, 6.07) is 12.1. The van der Waals surface area contributed by atoms with Crippen LogP contribution in [0.2, 0.25) is 0 Å². The van der Waals surface area contributed by atoms with Crippen LogP contribution in [0.5, 0.6) is 17.2 Å². The minimum atomic E-state index is 0.588. The van der Waals surface area contributed by atoms with Crippen LogP contribution < -0.4 is 14.2 Å². The summed E-state index contributed by atoms with van der Waals surface area (Å²) >= 11 is 0. The number of imidazole rings is 1. The average Bonchev–Trinajstić information content (AvgIpc) is 3.03. The summed E-state index contributed by atoms with van der Waals surface area (Å²) in [5, 5.41) is 0. The molecule has 3 aromatic rings. The topological polar surface area (TPSA) is 45.5 Å². The summed E-state index contributed by atoms with van der Waals surface area (Å²) in [5.74, 6) is 2.76. The molecule has 25 heavy (non-hydrogen) atoms. The van der Waals surface area contributed by atoms with Crippen LogP contribution in [0.4, 0.5) is 0 Å². The van der Waals surface area contributed by atoms with Gasteiger partial charge in [0.25, 0.3) is 0 Å². The van der Waals surface area contributed by atoms with Crippen molar-refractivity contribution in [1.82, 2.24) is 9.55 Å². The number of para-hydroxylation sites is 2. The van der Waals surface area contributed by atoms with Crippen LogP contribution in [0.25, 0.3) is 22.4 Å². The highest BCUT2D eigenvalue weighted by molar-refractivity contribution is 5.81. The number of hydrogen-bond donors (Lipinski definition) is 0. The fourth-order valence-corrected chi connectivity index (χ4v) is 3.05. The maximum absolute atomic E-state index is 5.49. The van der Waals surface area contributed by atoms with Gasteiger partial charge >= 0.3 is 0 Å². The van der Waals surface area contributed by atoms with Crippen LogP contribution in [-0.4, -0.2) is 30.9 Å². The third-order valence-corrected chi connectivity index (χ3v) is 4.31. The molecule has 0 amide bonds. The van der Waals surface area contributed by atoms with Gasteiger partial charge in [-0.2, -0.15) is 0 Å². The molecule has 132 valence electrons. The maximum Gasteiger partial charge on any atom is 0.203 e. The first-order valence-corrected chi connectivity index (χ1v) is 8.49. The Balaban J connectivity index is 2.21. The van der Waals surface area contributed by atoms with E-state index in [4.69, 9.17) is 19.2 Å². The molecule has 0 aliphatic carbocycles. The average molecular weight is 340 g/mol. The van der Waals surface area contributed by atoms with Crippen LogP contribution in [0.15, 0.2) is 36.4 Å². The monoisotopic (exact) mass is 340 g/mol. The van der Waals surface area contributed by atoms with Gasteiger partial charge in [0.15, 0.2) is 11.5 Å². The van der Waals surface area contributed by atoms with Gasteiger partial charge in [-0.1, -0.05) is 25.5 Å². The number of ether oxygens (including phenoxy) is 3. The Morgan fingerprint density at radius 3 is 2.24 bits per heavy atom. The molecule has 5 heteroatoms. The van der Waals surface area contributed by atoms with Crippen LogP contribution >= 0.6 is 0 Å². The Kier molecular flexibility index (Phi) is 5.12. The molecule has 0 radical (unpaired) electrons. The minimum absolute atomic E-state index is 0.588. The molecule has 0 saturated carbocycles. The van der Waals surface area contributed by atoms with Gasteiger partial charge in [0, 0.05) is 12.1 Å². The molecule has 0 N–H and O–H groups in total. The highest BCUT2D eigenvalue weighted by Gasteiger charge is 2.18. The largest absolute Gasteiger partial charge is 0.493 e. The Hall–Kier alpha value is -2.69. The fraction of sp³-hybridized carbons (Fsp3) is 0.350. The van der Waals surface area contributed by atoms with Crippen molar-refractivity contribution in [2.24, 2.45) is 0 Å². The molecule has 1 aromatic heterocycles. The number of fused-ring (bicyclic) bond motifs is 1. The van der Waals surface area contributed by atoms with Crippen molar-refractivity contribution in [3.63, 3.8) is 0 Å². The van der Waals surface area contributed by atoms with Gasteiger partial charge in [-0.15, -0.1) is 0 Å². The maximum atomic E-state index is 5.49. The van der Waals surface area contributed by atoms with E-state index in [1.165, 1.54) is 0 Å². The Morgan fingerprint density at radius 1 is 0.960 bits per heavy atom. The first kappa shape index (κ1) is 17.1. The normalized spacial score (nSPS) is 10.9. The van der Waals surface area contributed by atoms with Crippen LogP contribution in [0.1, 0.15) is 19.8 Å². The molecule has 0 atom stereocenters. The van der Waals surface area contributed by atoms with Gasteiger partial charge in [-0.05, 0) is 30.7 Å². The van der Waals surface area contributed by atoms with Crippen molar-refractivity contribution in [3.05, 3.63) is 36.4 Å². The fourth-order valence-electron chi connectivity index (χ4n) is 3.05. The van der Waals surface area contributed by atoms with Gasteiger partial charge in [0.2, 0.25) is 5.75 Å².